The van der Waals surface area contributed by atoms with Crippen molar-refractivity contribution in [2.45, 2.75) is 25.3 Å². The number of rotatable bonds is 8. The second-order valence-corrected chi connectivity index (χ2v) is 4.79. The molecule has 108 valence electrons. The molecule has 0 aliphatic rings. The summed E-state index contributed by atoms with van der Waals surface area (Å²) >= 11 is 3.42. The van der Waals surface area contributed by atoms with E-state index in [1.165, 1.54) is 0 Å². The first kappa shape index (κ1) is 16.1. The number of methoxy groups -OCH3 is 2. The van der Waals surface area contributed by atoms with Crippen LogP contribution >= 0.6 is 15.9 Å². The Hall–Kier alpha value is -0.940. The van der Waals surface area contributed by atoms with Crippen LogP contribution in [0, 0.1) is 0 Å². The lowest BCUT2D eigenvalue weighted by atomic mass is 10.2. The second-order valence-electron chi connectivity index (χ2n) is 4.23. The summed E-state index contributed by atoms with van der Waals surface area (Å²) in [5, 5.41) is 0.733. The fourth-order valence-corrected chi connectivity index (χ4v) is 1.90. The first-order valence-electron chi connectivity index (χ1n) is 6.17. The Balaban J connectivity index is 2.79. The number of benzene rings is 1. The highest BCUT2D eigenvalue weighted by molar-refractivity contribution is 9.08. The minimum atomic E-state index is 0.197. The maximum atomic E-state index is 5.71. The van der Waals surface area contributed by atoms with Crippen LogP contribution in [-0.4, -0.2) is 33.5 Å². The van der Waals surface area contributed by atoms with Gasteiger partial charge >= 0.3 is 0 Å². The van der Waals surface area contributed by atoms with E-state index in [0.717, 1.165) is 10.9 Å². The summed E-state index contributed by atoms with van der Waals surface area (Å²) in [5.74, 6) is 1.94. The number of alkyl halides is 1. The number of ether oxygens (including phenoxy) is 4. The maximum Gasteiger partial charge on any atom is 0.203 e. The predicted molar refractivity (Wildman–Crippen MR) is 78.8 cm³/mol. The highest BCUT2D eigenvalue weighted by Crippen LogP contribution is 2.39. The summed E-state index contributed by atoms with van der Waals surface area (Å²) in [4.78, 5) is 0. The van der Waals surface area contributed by atoms with Gasteiger partial charge in [0.25, 0.3) is 0 Å². The predicted octanol–water partition coefficient (Wildman–Crippen LogP) is 3.40. The average molecular weight is 333 g/mol. The monoisotopic (exact) mass is 332 g/mol. The number of halogens is 1. The van der Waals surface area contributed by atoms with Gasteiger partial charge in [0.05, 0.1) is 26.9 Å². The summed E-state index contributed by atoms with van der Waals surface area (Å²) in [6, 6.07) is 3.85. The molecule has 0 amide bonds. The summed E-state index contributed by atoms with van der Waals surface area (Å²) in [6.07, 6.45) is 0.197. The highest BCUT2D eigenvalue weighted by atomic mass is 79.9. The Morgan fingerprint density at radius 3 is 2.05 bits per heavy atom. The van der Waals surface area contributed by atoms with Gasteiger partial charge < -0.3 is 18.9 Å². The van der Waals surface area contributed by atoms with Crippen molar-refractivity contribution in [2.75, 3.05) is 27.4 Å². The molecule has 0 saturated heterocycles. The minimum absolute atomic E-state index is 0.197. The van der Waals surface area contributed by atoms with Crippen LogP contribution in [-0.2, 0) is 10.1 Å². The molecular weight excluding hydrogens is 312 g/mol. The van der Waals surface area contributed by atoms with Crippen molar-refractivity contribution in [1.29, 1.82) is 0 Å². The van der Waals surface area contributed by atoms with E-state index in [2.05, 4.69) is 15.9 Å². The molecule has 5 heteroatoms. The van der Waals surface area contributed by atoms with Crippen molar-refractivity contribution in [3.63, 3.8) is 0 Å². The molecule has 19 heavy (non-hydrogen) atoms. The van der Waals surface area contributed by atoms with E-state index in [4.69, 9.17) is 18.9 Å². The van der Waals surface area contributed by atoms with E-state index >= 15 is 0 Å². The molecule has 4 nitrogen and oxygen atoms in total. The molecule has 0 bridgehead atoms. The maximum absolute atomic E-state index is 5.71. The van der Waals surface area contributed by atoms with Crippen molar-refractivity contribution in [3.05, 3.63) is 17.7 Å². The van der Waals surface area contributed by atoms with Crippen LogP contribution in [0.2, 0.25) is 0 Å². The lowest BCUT2D eigenvalue weighted by Crippen LogP contribution is -2.12. The van der Waals surface area contributed by atoms with Crippen molar-refractivity contribution in [3.8, 4) is 17.2 Å². The van der Waals surface area contributed by atoms with Crippen molar-refractivity contribution < 1.29 is 18.9 Å². The van der Waals surface area contributed by atoms with E-state index in [0.29, 0.717) is 30.5 Å². The Labute approximate surface area is 123 Å². The van der Waals surface area contributed by atoms with Gasteiger partial charge in [-0.25, -0.2) is 0 Å². The largest absolute Gasteiger partial charge is 0.493 e. The Morgan fingerprint density at radius 1 is 1.05 bits per heavy atom. The van der Waals surface area contributed by atoms with Crippen molar-refractivity contribution in [1.82, 2.24) is 0 Å². The summed E-state index contributed by atoms with van der Waals surface area (Å²) in [7, 11) is 3.23. The van der Waals surface area contributed by atoms with Gasteiger partial charge in [0.2, 0.25) is 5.75 Å². The van der Waals surface area contributed by atoms with Crippen LogP contribution in [0.15, 0.2) is 12.1 Å². The zero-order valence-electron chi connectivity index (χ0n) is 11.9. The molecule has 0 atom stereocenters. The Morgan fingerprint density at radius 2 is 1.63 bits per heavy atom. The molecular formula is C14H21BrO4. The third-order valence-corrected chi connectivity index (χ3v) is 3.10. The average Bonchev–Trinajstić information content (AvgIpc) is 2.42. The van der Waals surface area contributed by atoms with Gasteiger partial charge in [-0.1, -0.05) is 15.9 Å². The number of hydrogen-bond donors (Lipinski definition) is 0. The molecule has 0 fully saturated rings. The van der Waals surface area contributed by atoms with Crippen LogP contribution in [0.25, 0.3) is 0 Å². The lowest BCUT2D eigenvalue weighted by molar-refractivity contribution is 0.0540. The molecule has 0 aromatic heterocycles. The van der Waals surface area contributed by atoms with Gasteiger partial charge in [-0.15, -0.1) is 0 Å². The SMILES string of the molecule is COc1cc(CBr)cc(OC)c1OCCOC(C)C. The van der Waals surface area contributed by atoms with Crippen molar-refractivity contribution in [2.24, 2.45) is 0 Å². The third kappa shape index (κ3) is 4.91. The van der Waals surface area contributed by atoms with Crippen LogP contribution in [0.1, 0.15) is 19.4 Å². The normalized spacial score (nSPS) is 10.6. The van der Waals surface area contributed by atoms with E-state index in [-0.39, 0.29) is 6.10 Å². The Bertz CT molecular complexity index is 368. The van der Waals surface area contributed by atoms with Gasteiger partial charge in [0.15, 0.2) is 11.5 Å². The van der Waals surface area contributed by atoms with Crippen LogP contribution in [0.4, 0.5) is 0 Å². The fourth-order valence-electron chi connectivity index (χ4n) is 1.58. The molecule has 0 spiro atoms. The summed E-state index contributed by atoms with van der Waals surface area (Å²) < 4.78 is 21.8. The molecule has 0 saturated carbocycles. The second kappa shape index (κ2) is 8.27. The molecule has 0 N–H and O–H groups in total. The Kier molecular flexibility index (Phi) is 7.02. The van der Waals surface area contributed by atoms with E-state index in [9.17, 15) is 0 Å². The van der Waals surface area contributed by atoms with E-state index < -0.39 is 0 Å². The topological polar surface area (TPSA) is 36.9 Å². The van der Waals surface area contributed by atoms with Gasteiger partial charge in [-0.05, 0) is 31.5 Å². The van der Waals surface area contributed by atoms with Crippen LogP contribution in [0.5, 0.6) is 17.2 Å². The van der Waals surface area contributed by atoms with Gasteiger partial charge in [0, 0.05) is 5.33 Å². The highest BCUT2D eigenvalue weighted by Gasteiger charge is 2.13. The van der Waals surface area contributed by atoms with Gasteiger partial charge in [-0.3, -0.25) is 0 Å². The first-order chi connectivity index (χ1) is 9.12. The van der Waals surface area contributed by atoms with Crippen LogP contribution < -0.4 is 14.2 Å². The molecule has 1 aromatic rings. The molecule has 0 heterocycles. The summed E-state index contributed by atoms with van der Waals surface area (Å²) in [5.41, 5.74) is 1.07. The summed E-state index contributed by atoms with van der Waals surface area (Å²) in [6.45, 7) is 4.97. The molecule has 0 aliphatic heterocycles. The first-order valence-corrected chi connectivity index (χ1v) is 7.29. The van der Waals surface area contributed by atoms with E-state index in [1.807, 2.05) is 26.0 Å². The quantitative estimate of drug-likeness (QED) is 0.540. The smallest absolute Gasteiger partial charge is 0.203 e. The standard InChI is InChI=1S/C14H21BrO4/c1-10(2)18-5-6-19-14-12(16-3)7-11(9-15)8-13(14)17-4/h7-8,10H,5-6,9H2,1-4H3. The lowest BCUT2D eigenvalue weighted by Gasteiger charge is -2.16. The molecule has 0 unspecified atom stereocenters. The minimum Gasteiger partial charge on any atom is -0.493 e. The van der Waals surface area contributed by atoms with Crippen molar-refractivity contribution >= 4 is 15.9 Å². The molecule has 0 aliphatic carbocycles. The zero-order chi connectivity index (χ0) is 14.3. The van der Waals surface area contributed by atoms with Gasteiger partial charge in [0.1, 0.15) is 6.61 Å². The third-order valence-electron chi connectivity index (χ3n) is 2.46. The molecule has 1 aromatic carbocycles. The fraction of sp³-hybridized carbons (Fsp3) is 0.571. The number of hydrogen-bond acceptors (Lipinski definition) is 4. The molecule has 1 rings (SSSR count). The van der Waals surface area contributed by atoms with Gasteiger partial charge in [-0.2, -0.15) is 0 Å². The molecule has 0 radical (unpaired) electrons. The van der Waals surface area contributed by atoms with E-state index in [1.54, 1.807) is 14.2 Å². The zero-order valence-corrected chi connectivity index (χ0v) is 13.5. The van der Waals surface area contributed by atoms with Crippen LogP contribution in [0.3, 0.4) is 0 Å².